The van der Waals surface area contributed by atoms with Gasteiger partial charge in [-0.05, 0) is 106 Å². The number of carbonyl (C=O) groups excluding carboxylic acids is 1. The van der Waals surface area contributed by atoms with Gasteiger partial charge in [0.1, 0.15) is 13.4 Å². The number of rotatable bonds is 5. The van der Waals surface area contributed by atoms with Gasteiger partial charge in [-0.2, -0.15) is 0 Å². The van der Waals surface area contributed by atoms with Gasteiger partial charge in [0.2, 0.25) is 0 Å². The lowest BCUT2D eigenvalue weighted by Gasteiger charge is -2.34. The lowest BCUT2D eigenvalue weighted by molar-refractivity contribution is -0.115. The first-order chi connectivity index (χ1) is 15.5. The Bertz CT molecular complexity index is 906. The number of ether oxygens (including phenoxy) is 2. The molecule has 0 saturated carbocycles. The third-order valence-electron chi connectivity index (χ3n) is 6.20. The third-order valence-corrected chi connectivity index (χ3v) is 7.54. The van der Waals surface area contributed by atoms with Crippen molar-refractivity contribution in [3.05, 3.63) is 66.8 Å². The molecule has 0 unspecified atom stereocenters. The van der Waals surface area contributed by atoms with E-state index < -0.39 is 0 Å². The summed E-state index contributed by atoms with van der Waals surface area (Å²) in [6.45, 7) is 2.93. The molecular formula is C25H29I2NO4. The Balaban J connectivity index is 0.000000182. The summed E-state index contributed by atoms with van der Waals surface area (Å²) in [5, 5.41) is 3.99. The number of halogens is 2. The lowest BCUT2D eigenvalue weighted by Crippen LogP contribution is -2.35. The number of nitrogens with zero attached hydrogens (tertiary/aromatic N) is 1. The summed E-state index contributed by atoms with van der Waals surface area (Å²) >= 11 is 4.62. The van der Waals surface area contributed by atoms with Crippen molar-refractivity contribution in [3.63, 3.8) is 0 Å². The van der Waals surface area contributed by atoms with Gasteiger partial charge < -0.3 is 19.1 Å². The van der Waals surface area contributed by atoms with E-state index in [1.807, 2.05) is 24.4 Å². The van der Waals surface area contributed by atoms with Crippen molar-refractivity contribution >= 4 is 57.7 Å². The molecule has 0 bridgehead atoms. The topological polar surface area (TPSA) is 57.1 Å². The Morgan fingerprint density at radius 2 is 1.31 bits per heavy atom. The van der Waals surface area contributed by atoms with Crippen LogP contribution in [0, 0.1) is 7.14 Å². The van der Waals surface area contributed by atoms with Crippen molar-refractivity contribution in [2.45, 2.75) is 36.5 Å². The Morgan fingerprint density at radius 1 is 0.844 bits per heavy atom. The maximum atomic E-state index is 11.3. The fourth-order valence-corrected chi connectivity index (χ4v) is 5.27. The summed E-state index contributed by atoms with van der Waals surface area (Å²) < 4.78 is 13.2. The number of hydrogen-bond donors (Lipinski definition) is 0. The Labute approximate surface area is 217 Å². The Kier molecular flexibility index (Phi) is 9.94. The summed E-state index contributed by atoms with van der Waals surface area (Å²) in [5.41, 5.74) is 2.09. The minimum atomic E-state index is -0.306. The zero-order valence-electron chi connectivity index (χ0n) is 18.3. The molecule has 2 aromatic carbocycles. The van der Waals surface area contributed by atoms with Crippen molar-refractivity contribution in [3.8, 4) is 0 Å². The molecule has 2 aliphatic rings. The van der Waals surface area contributed by atoms with E-state index in [1.165, 1.54) is 12.7 Å². The Hall–Kier alpha value is -1.04. The van der Waals surface area contributed by atoms with Gasteiger partial charge in [-0.15, -0.1) is 0 Å². The maximum Gasteiger partial charge on any atom is 0.130 e. The molecule has 0 amide bonds. The van der Waals surface area contributed by atoms with E-state index in [1.54, 1.807) is 7.11 Å². The van der Waals surface area contributed by atoms with Gasteiger partial charge in [-0.25, -0.2) is 0 Å². The minimum absolute atomic E-state index is 0.0323. The van der Waals surface area contributed by atoms with E-state index in [2.05, 4.69) is 80.7 Å². The van der Waals surface area contributed by atoms with E-state index in [0.29, 0.717) is 13.2 Å². The zero-order valence-corrected chi connectivity index (χ0v) is 22.6. The highest BCUT2D eigenvalue weighted by molar-refractivity contribution is 14.1. The average molecular weight is 661 g/mol. The monoisotopic (exact) mass is 661 g/mol. The van der Waals surface area contributed by atoms with Crippen LogP contribution in [0.1, 0.15) is 36.8 Å². The van der Waals surface area contributed by atoms with Gasteiger partial charge in [-0.1, -0.05) is 29.4 Å². The summed E-state index contributed by atoms with van der Waals surface area (Å²) in [6.07, 6.45) is 6.55. The average Bonchev–Trinajstić information content (AvgIpc) is 2.84. The molecule has 2 aromatic rings. The Morgan fingerprint density at radius 3 is 1.75 bits per heavy atom. The van der Waals surface area contributed by atoms with E-state index in [9.17, 15) is 4.79 Å². The maximum absolute atomic E-state index is 11.3. The standard InChI is InChI=1S/C13H16INO2.C12H13IO2/c1-16-15-10-13(5-7-17-8-6-13)11-3-2-4-12(14)9-11;13-11-3-1-2-10(8-11)12(9-14)4-6-15-7-5-12/h2-4,9-10H,5-8H2,1H3;1-3,8-9H,4-7H2. The predicted octanol–water partition coefficient (Wildman–Crippen LogP) is 5.51. The quantitative estimate of drug-likeness (QED) is 0.184. The van der Waals surface area contributed by atoms with Crippen LogP contribution in [0.2, 0.25) is 0 Å². The van der Waals surface area contributed by atoms with Gasteiger partial charge in [-0.3, -0.25) is 0 Å². The summed E-state index contributed by atoms with van der Waals surface area (Å²) in [4.78, 5) is 16.2. The van der Waals surface area contributed by atoms with Crippen molar-refractivity contribution < 1.29 is 19.1 Å². The smallest absolute Gasteiger partial charge is 0.130 e. The predicted molar refractivity (Wildman–Crippen MR) is 143 cm³/mol. The summed E-state index contributed by atoms with van der Waals surface area (Å²) in [6, 6.07) is 16.8. The largest absolute Gasteiger partial charge is 0.399 e. The molecule has 172 valence electrons. The second-order valence-electron chi connectivity index (χ2n) is 8.09. The number of hydrogen-bond acceptors (Lipinski definition) is 5. The molecule has 0 spiro atoms. The molecule has 2 fully saturated rings. The first kappa shape index (κ1) is 25.6. The van der Waals surface area contributed by atoms with Crippen LogP contribution in [0.15, 0.2) is 53.7 Å². The molecule has 2 aliphatic heterocycles. The number of oxime groups is 1. The fourth-order valence-electron chi connectivity index (χ4n) is 4.19. The van der Waals surface area contributed by atoms with Gasteiger partial charge in [0, 0.05) is 39.0 Å². The molecule has 5 nitrogen and oxygen atoms in total. The molecule has 7 heteroatoms. The number of aldehydes is 1. The van der Waals surface area contributed by atoms with Gasteiger partial charge in [0.15, 0.2) is 0 Å². The van der Waals surface area contributed by atoms with Crippen LogP contribution in [-0.2, 0) is 29.9 Å². The van der Waals surface area contributed by atoms with Crippen molar-refractivity contribution in [2.24, 2.45) is 5.16 Å². The molecule has 0 N–H and O–H groups in total. The second kappa shape index (κ2) is 12.4. The van der Waals surface area contributed by atoms with Crippen LogP contribution < -0.4 is 0 Å². The molecule has 0 aromatic heterocycles. The first-order valence-corrected chi connectivity index (χ1v) is 12.9. The van der Waals surface area contributed by atoms with Gasteiger partial charge >= 0.3 is 0 Å². The molecule has 0 radical (unpaired) electrons. The number of carbonyl (C=O) groups is 1. The highest BCUT2D eigenvalue weighted by Crippen LogP contribution is 2.34. The molecule has 0 atom stereocenters. The van der Waals surface area contributed by atoms with Crippen LogP contribution in [0.5, 0.6) is 0 Å². The van der Waals surface area contributed by atoms with Crippen LogP contribution in [0.25, 0.3) is 0 Å². The van der Waals surface area contributed by atoms with E-state index >= 15 is 0 Å². The van der Waals surface area contributed by atoms with E-state index in [0.717, 1.165) is 50.7 Å². The first-order valence-electron chi connectivity index (χ1n) is 10.8. The fraction of sp³-hybridized carbons (Fsp3) is 0.440. The number of benzene rings is 2. The van der Waals surface area contributed by atoms with Crippen molar-refractivity contribution in [1.82, 2.24) is 0 Å². The molecule has 32 heavy (non-hydrogen) atoms. The van der Waals surface area contributed by atoms with Crippen LogP contribution in [-0.4, -0.2) is 46.0 Å². The zero-order chi connectivity index (χ0) is 22.9. The molecule has 4 rings (SSSR count). The normalized spacial score (nSPS) is 19.6. The van der Waals surface area contributed by atoms with Gasteiger partial charge in [0.25, 0.3) is 0 Å². The van der Waals surface area contributed by atoms with Crippen LogP contribution in [0.4, 0.5) is 0 Å². The SMILES string of the molecule is CON=CC1(c2cccc(I)c2)CCOCC1.O=CC1(c2cccc(I)c2)CCOCC1. The van der Waals surface area contributed by atoms with Crippen LogP contribution in [0.3, 0.4) is 0 Å². The molecule has 2 heterocycles. The second-order valence-corrected chi connectivity index (χ2v) is 10.6. The lowest BCUT2D eigenvalue weighted by atomic mass is 9.75. The van der Waals surface area contributed by atoms with E-state index in [4.69, 9.17) is 14.3 Å². The van der Waals surface area contributed by atoms with Crippen molar-refractivity contribution in [2.75, 3.05) is 33.5 Å². The van der Waals surface area contributed by atoms with Gasteiger partial charge in [0.05, 0.1) is 11.6 Å². The molecule has 2 saturated heterocycles. The summed E-state index contributed by atoms with van der Waals surface area (Å²) in [5.74, 6) is 0. The third kappa shape index (κ3) is 6.51. The highest BCUT2D eigenvalue weighted by Gasteiger charge is 2.34. The minimum Gasteiger partial charge on any atom is -0.399 e. The molecular weight excluding hydrogens is 632 g/mol. The van der Waals surface area contributed by atoms with E-state index in [-0.39, 0.29) is 10.8 Å². The van der Waals surface area contributed by atoms with Crippen LogP contribution >= 0.6 is 45.2 Å². The van der Waals surface area contributed by atoms with Crippen molar-refractivity contribution in [1.29, 1.82) is 0 Å². The molecule has 0 aliphatic carbocycles. The summed E-state index contributed by atoms with van der Waals surface area (Å²) in [7, 11) is 1.58. The highest BCUT2D eigenvalue weighted by atomic mass is 127.